The summed E-state index contributed by atoms with van der Waals surface area (Å²) in [6.45, 7) is 7.81. The highest BCUT2D eigenvalue weighted by atomic mass is 79.9. The average molecular weight is 343 g/mol. The molecule has 2 nitrogen and oxygen atoms in total. The van der Waals surface area contributed by atoms with Gasteiger partial charge in [0.2, 0.25) is 0 Å². The van der Waals surface area contributed by atoms with Gasteiger partial charge in [0.25, 0.3) is 0 Å². The monoisotopic (exact) mass is 342 g/mol. The summed E-state index contributed by atoms with van der Waals surface area (Å²) in [7, 11) is 0. The highest BCUT2D eigenvalue weighted by Gasteiger charge is 2.17. The fourth-order valence-corrected chi connectivity index (χ4v) is 3.49. The van der Waals surface area contributed by atoms with Gasteiger partial charge in [-0.3, -0.25) is 4.90 Å². The molecule has 0 amide bonds. The van der Waals surface area contributed by atoms with Gasteiger partial charge < -0.3 is 5.32 Å². The lowest BCUT2D eigenvalue weighted by Crippen LogP contribution is -2.43. The number of benzene rings is 1. The summed E-state index contributed by atoms with van der Waals surface area (Å²) in [6, 6.07) is 5.67. The molecule has 1 aliphatic rings. The van der Waals surface area contributed by atoms with Gasteiger partial charge in [-0.2, -0.15) is 0 Å². The van der Waals surface area contributed by atoms with Crippen LogP contribution in [0.3, 0.4) is 0 Å². The van der Waals surface area contributed by atoms with Crippen LogP contribution in [0, 0.1) is 5.82 Å². The largest absolute Gasteiger partial charge is 0.309 e. The molecule has 1 heterocycles. The molecule has 1 aromatic carbocycles. The smallest absolute Gasteiger partial charge is 0.124 e. The first-order valence-corrected chi connectivity index (χ1v) is 8.29. The van der Waals surface area contributed by atoms with Crippen LogP contribution in [0.15, 0.2) is 22.7 Å². The molecule has 1 aliphatic heterocycles. The molecule has 20 heavy (non-hydrogen) atoms. The van der Waals surface area contributed by atoms with Gasteiger partial charge in [0.05, 0.1) is 0 Å². The van der Waals surface area contributed by atoms with E-state index in [-0.39, 0.29) is 11.9 Å². The molecular formula is C16H24BrFN2. The van der Waals surface area contributed by atoms with Crippen molar-refractivity contribution < 1.29 is 4.39 Å². The van der Waals surface area contributed by atoms with Crippen molar-refractivity contribution in [2.24, 2.45) is 0 Å². The van der Waals surface area contributed by atoms with Crippen molar-refractivity contribution in [2.45, 2.75) is 45.2 Å². The number of halogens is 2. The number of nitrogens with one attached hydrogen (secondary N) is 1. The maximum Gasteiger partial charge on any atom is 0.124 e. The molecule has 0 bridgehead atoms. The zero-order valence-corrected chi connectivity index (χ0v) is 13.9. The molecule has 0 saturated carbocycles. The molecule has 1 saturated heterocycles. The van der Waals surface area contributed by atoms with E-state index in [0.717, 1.165) is 16.6 Å². The first-order valence-electron chi connectivity index (χ1n) is 7.50. The third-order valence-corrected chi connectivity index (χ3v) is 4.85. The number of likely N-dealkylation sites (tertiary alicyclic amines) is 1. The number of piperidine rings is 1. The minimum absolute atomic E-state index is 0.200. The van der Waals surface area contributed by atoms with Crippen molar-refractivity contribution in [3.8, 4) is 0 Å². The molecular weight excluding hydrogens is 319 g/mol. The van der Waals surface area contributed by atoms with Crippen LogP contribution in [0.2, 0.25) is 0 Å². The van der Waals surface area contributed by atoms with Gasteiger partial charge in [-0.15, -0.1) is 0 Å². The van der Waals surface area contributed by atoms with Crippen LogP contribution in [0.25, 0.3) is 0 Å². The molecule has 0 spiro atoms. The van der Waals surface area contributed by atoms with Crippen LogP contribution in [-0.2, 0) is 0 Å². The molecule has 2 atom stereocenters. The molecule has 1 N–H and O–H groups in total. The lowest BCUT2D eigenvalue weighted by molar-refractivity contribution is 0.168. The molecule has 1 fully saturated rings. The molecule has 2 rings (SSSR count). The summed E-state index contributed by atoms with van der Waals surface area (Å²) in [6.07, 6.45) is 4.02. The number of hydrogen-bond donors (Lipinski definition) is 1. The second-order valence-corrected chi connectivity index (χ2v) is 6.60. The Labute approximate surface area is 129 Å². The van der Waals surface area contributed by atoms with Gasteiger partial charge in [0.15, 0.2) is 0 Å². The standard InChI is InChI=1S/C16H24BrFN2/c1-12(20-8-4-3-5-9-20)11-19-13(2)15-7-6-14(18)10-16(15)17/h6-7,10,12-13,19H,3-5,8-9,11H2,1-2H3. The van der Waals surface area contributed by atoms with Crippen molar-refractivity contribution in [1.82, 2.24) is 10.2 Å². The van der Waals surface area contributed by atoms with E-state index in [0.29, 0.717) is 6.04 Å². The molecule has 0 radical (unpaired) electrons. The third kappa shape index (κ3) is 4.27. The van der Waals surface area contributed by atoms with E-state index in [4.69, 9.17) is 0 Å². The van der Waals surface area contributed by atoms with E-state index >= 15 is 0 Å². The number of nitrogens with zero attached hydrogens (tertiary/aromatic N) is 1. The van der Waals surface area contributed by atoms with Crippen LogP contribution >= 0.6 is 15.9 Å². The Morgan fingerprint density at radius 3 is 2.60 bits per heavy atom. The topological polar surface area (TPSA) is 15.3 Å². The van der Waals surface area contributed by atoms with Gasteiger partial charge in [-0.05, 0) is 57.5 Å². The molecule has 2 unspecified atom stereocenters. The lowest BCUT2D eigenvalue weighted by atomic mass is 10.1. The first kappa shape index (κ1) is 15.9. The van der Waals surface area contributed by atoms with Gasteiger partial charge in [-0.25, -0.2) is 4.39 Å². The van der Waals surface area contributed by atoms with Crippen molar-refractivity contribution in [3.05, 3.63) is 34.1 Å². The maximum atomic E-state index is 13.1. The van der Waals surface area contributed by atoms with E-state index in [9.17, 15) is 4.39 Å². The molecule has 112 valence electrons. The summed E-state index contributed by atoms with van der Waals surface area (Å²) in [5.74, 6) is -0.200. The van der Waals surface area contributed by atoms with Crippen LogP contribution < -0.4 is 5.32 Å². The minimum Gasteiger partial charge on any atom is -0.309 e. The zero-order chi connectivity index (χ0) is 14.5. The Morgan fingerprint density at radius 1 is 1.25 bits per heavy atom. The SMILES string of the molecule is CC(NCC(C)N1CCCCC1)c1ccc(F)cc1Br. The average Bonchev–Trinajstić information content (AvgIpc) is 2.45. The van der Waals surface area contributed by atoms with E-state index in [1.54, 1.807) is 0 Å². The summed E-state index contributed by atoms with van der Waals surface area (Å²) < 4.78 is 13.9. The van der Waals surface area contributed by atoms with Gasteiger partial charge in [0.1, 0.15) is 5.82 Å². The van der Waals surface area contributed by atoms with Gasteiger partial charge in [0, 0.05) is 23.1 Å². The van der Waals surface area contributed by atoms with E-state index in [1.165, 1.54) is 44.5 Å². The van der Waals surface area contributed by atoms with Crippen LogP contribution in [0.4, 0.5) is 4.39 Å². The summed E-state index contributed by atoms with van der Waals surface area (Å²) >= 11 is 3.44. The summed E-state index contributed by atoms with van der Waals surface area (Å²) in [4.78, 5) is 2.56. The Morgan fingerprint density at radius 2 is 1.95 bits per heavy atom. The van der Waals surface area contributed by atoms with Crippen molar-refractivity contribution in [2.75, 3.05) is 19.6 Å². The highest BCUT2D eigenvalue weighted by Crippen LogP contribution is 2.24. The predicted molar refractivity (Wildman–Crippen MR) is 85.4 cm³/mol. The quantitative estimate of drug-likeness (QED) is 0.865. The Hall–Kier alpha value is -0.450. The second kappa shape index (κ2) is 7.53. The van der Waals surface area contributed by atoms with Crippen LogP contribution in [-0.4, -0.2) is 30.6 Å². The first-order chi connectivity index (χ1) is 9.58. The van der Waals surface area contributed by atoms with Gasteiger partial charge >= 0.3 is 0 Å². The molecule has 0 aromatic heterocycles. The maximum absolute atomic E-state index is 13.1. The fourth-order valence-electron chi connectivity index (χ4n) is 2.80. The normalized spacial score (nSPS) is 19.8. The summed E-state index contributed by atoms with van der Waals surface area (Å²) in [5.41, 5.74) is 1.11. The number of hydrogen-bond acceptors (Lipinski definition) is 2. The lowest BCUT2D eigenvalue weighted by Gasteiger charge is -2.33. The molecule has 1 aromatic rings. The molecule has 4 heteroatoms. The van der Waals surface area contributed by atoms with E-state index in [2.05, 4.69) is 40.0 Å². The van der Waals surface area contributed by atoms with Crippen LogP contribution in [0.5, 0.6) is 0 Å². The van der Waals surface area contributed by atoms with Crippen molar-refractivity contribution in [1.29, 1.82) is 0 Å². The Bertz CT molecular complexity index is 432. The van der Waals surface area contributed by atoms with E-state index in [1.807, 2.05) is 6.07 Å². The zero-order valence-electron chi connectivity index (χ0n) is 12.3. The summed E-state index contributed by atoms with van der Waals surface area (Å²) in [5, 5.41) is 3.56. The van der Waals surface area contributed by atoms with Gasteiger partial charge in [-0.1, -0.05) is 28.4 Å². The van der Waals surface area contributed by atoms with Crippen LogP contribution in [0.1, 0.15) is 44.7 Å². The van der Waals surface area contributed by atoms with Crippen molar-refractivity contribution in [3.63, 3.8) is 0 Å². The highest BCUT2D eigenvalue weighted by molar-refractivity contribution is 9.10. The Balaban J connectivity index is 1.86. The van der Waals surface area contributed by atoms with Crippen molar-refractivity contribution >= 4 is 15.9 Å². The molecule has 0 aliphatic carbocycles. The number of rotatable bonds is 5. The fraction of sp³-hybridized carbons (Fsp3) is 0.625. The predicted octanol–water partition coefficient (Wildman–Crippen LogP) is 4.11. The second-order valence-electron chi connectivity index (χ2n) is 5.74. The third-order valence-electron chi connectivity index (χ3n) is 4.16. The minimum atomic E-state index is -0.200. The van der Waals surface area contributed by atoms with E-state index < -0.39 is 0 Å². The Kier molecular flexibility index (Phi) is 6.00.